The second-order valence-corrected chi connectivity index (χ2v) is 14.8. The molecular formula is C40H34IN3O6. The van der Waals surface area contributed by atoms with E-state index in [0.29, 0.717) is 28.3 Å². The van der Waals surface area contributed by atoms with Gasteiger partial charge in [0.05, 0.1) is 41.7 Å². The van der Waals surface area contributed by atoms with Crippen molar-refractivity contribution in [2.24, 2.45) is 23.7 Å². The molecule has 2 N–H and O–H groups in total. The second kappa shape index (κ2) is 12.1. The summed E-state index contributed by atoms with van der Waals surface area (Å²) in [7, 11) is 1.53. The van der Waals surface area contributed by atoms with Crippen LogP contribution < -0.4 is 15.1 Å². The Hall–Kier alpha value is -4.97. The number of imide groups is 2. The van der Waals surface area contributed by atoms with Crippen LogP contribution >= 0.6 is 22.6 Å². The highest BCUT2D eigenvalue weighted by Gasteiger charge is 2.70. The number of nitrogens with zero attached hydrogens (tertiary/aromatic N) is 2. The molecule has 10 heteroatoms. The number of phenolic OH excluding ortho intramolecular Hbond substituents is 1. The number of aryl methyl sites for hydroxylation is 1. The number of benzene rings is 4. The Labute approximate surface area is 303 Å². The molecule has 252 valence electrons. The molecule has 9 nitrogen and oxygen atoms in total. The van der Waals surface area contributed by atoms with Crippen molar-refractivity contribution in [2.45, 2.75) is 31.1 Å². The van der Waals surface area contributed by atoms with E-state index < -0.39 is 46.8 Å². The number of allylic oxidation sites excluding steroid dienone is 2. The van der Waals surface area contributed by atoms with Crippen molar-refractivity contribution in [3.05, 3.63) is 129 Å². The van der Waals surface area contributed by atoms with Crippen molar-refractivity contribution >= 4 is 57.6 Å². The minimum atomic E-state index is -1.49. The first-order valence-corrected chi connectivity index (χ1v) is 17.7. The molecule has 3 fully saturated rings. The van der Waals surface area contributed by atoms with Crippen LogP contribution in [0.5, 0.6) is 11.5 Å². The number of hydrogen-bond acceptors (Lipinski definition) is 7. The third-order valence-corrected chi connectivity index (χ3v) is 11.7. The molecule has 8 rings (SSSR count). The standard InChI is InChI=1S/C40H34IN3O6/c1-22-8-12-25(13-9-22)42-44-37(47)32-21-30-28(17-18-29-34(30)38(48)43(36(29)46)26-14-10-24(41)11-15-26)35(31-20-27(50-2)16-19-33(31)45)40(32,39(44)49)23-6-4-3-5-7-23/h3-17,19-20,29-30,32,34-35,42,45H,18,21H2,1-2H3/t29-,30+,32-,34-,35+,40+/m0/s1. The number of nitrogens with one attached hydrogen (secondary N) is 1. The van der Waals surface area contributed by atoms with Gasteiger partial charge in [-0.2, -0.15) is 5.01 Å². The topological polar surface area (TPSA) is 116 Å². The summed E-state index contributed by atoms with van der Waals surface area (Å²) in [5.74, 6) is -4.76. The summed E-state index contributed by atoms with van der Waals surface area (Å²) in [6.45, 7) is 1.96. The molecule has 0 radical (unpaired) electrons. The smallest absolute Gasteiger partial charge is 0.260 e. The van der Waals surface area contributed by atoms with Crippen molar-refractivity contribution in [3.63, 3.8) is 0 Å². The Morgan fingerprint density at radius 3 is 2.28 bits per heavy atom. The lowest BCUT2D eigenvalue weighted by atomic mass is 9.49. The Morgan fingerprint density at radius 1 is 0.860 bits per heavy atom. The fraction of sp³-hybridized carbons (Fsp3) is 0.250. The molecule has 6 atom stereocenters. The zero-order chi connectivity index (χ0) is 34.9. The molecule has 4 aromatic carbocycles. The molecule has 0 spiro atoms. The van der Waals surface area contributed by atoms with Gasteiger partial charge in [-0.05, 0) is 108 Å². The van der Waals surface area contributed by atoms with Gasteiger partial charge in [0.25, 0.3) is 11.8 Å². The number of hydrogen-bond donors (Lipinski definition) is 2. The quantitative estimate of drug-likeness (QED) is 0.130. The van der Waals surface area contributed by atoms with Crippen molar-refractivity contribution in [2.75, 3.05) is 17.4 Å². The fourth-order valence-corrected chi connectivity index (χ4v) is 9.19. The van der Waals surface area contributed by atoms with Crippen LogP contribution in [0.4, 0.5) is 11.4 Å². The second-order valence-electron chi connectivity index (χ2n) is 13.5. The summed E-state index contributed by atoms with van der Waals surface area (Å²) in [4.78, 5) is 59.8. The first-order chi connectivity index (χ1) is 24.1. The molecule has 2 aliphatic carbocycles. The molecule has 4 aliphatic rings. The average Bonchev–Trinajstić information content (AvgIpc) is 3.51. The lowest BCUT2D eigenvalue weighted by Gasteiger charge is -2.50. The first kappa shape index (κ1) is 32.2. The number of hydrazine groups is 1. The molecule has 4 amide bonds. The van der Waals surface area contributed by atoms with Gasteiger partial charge in [0.15, 0.2) is 0 Å². The highest BCUT2D eigenvalue weighted by molar-refractivity contribution is 14.1. The van der Waals surface area contributed by atoms with E-state index in [1.54, 1.807) is 24.3 Å². The van der Waals surface area contributed by atoms with Gasteiger partial charge in [-0.15, -0.1) is 0 Å². The van der Waals surface area contributed by atoms with Crippen LogP contribution in [-0.4, -0.2) is 40.9 Å². The molecule has 2 saturated heterocycles. The van der Waals surface area contributed by atoms with E-state index in [9.17, 15) is 19.5 Å². The van der Waals surface area contributed by atoms with Crippen molar-refractivity contribution in [1.82, 2.24) is 5.01 Å². The van der Waals surface area contributed by atoms with E-state index in [4.69, 9.17) is 4.74 Å². The van der Waals surface area contributed by atoms with Gasteiger partial charge >= 0.3 is 0 Å². The number of anilines is 2. The third-order valence-electron chi connectivity index (χ3n) is 11.0. The molecule has 50 heavy (non-hydrogen) atoms. The van der Waals surface area contributed by atoms with Crippen LogP contribution in [0.15, 0.2) is 109 Å². The summed E-state index contributed by atoms with van der Waals surface area (Å²) in [6, 6.07) is 28.8. The van der Waals surface area contributed by atoms with Crippen LogP contribution in [0.25, 0.3) is 0 Å². The van der Waals surface area contributed by atoms with E-state index in [-0.39, 0.29) is 30.4 Å². The number of phenols is 1. The highest BCUT2D eigenvalue weighted by Crippen LogP contribution is 2.65. The van der Waals surface area contributed by atoms with Crippen LogP contribution in [0.2, 0.25) is 0 Å². The summed E-state index contributed by atoms with van der Waals surface area (Å²) < 4.78 is 6.58. The Kier molecular flexibility index (Phi) is 7.81. The van der Waals surface area contributed by atoms with E-state index in [1.807, 2.05) is 79.7 Å². The number of ether oxygens (including phenoxy) is 1. The Bertz CT molecular complexity index is 2080. The summed E-state index contributed by atoms with van der Waals surface area (Å²) >= 11 is 2.18. The molecule has 2 aliphatic heterocycles. The van der Waals surface area contributed by atoms with Gasteiger partial charge in [-0.1, -0.05) is 59.7 Å². The van der Waals surface area contributed by atoms with Gasteiger partial charge in [0.2, 0.25) is 11.8 Å². The number of methoxy groups -OCH3 is 1. The first-order valence-electron chi connectivity index (χ1n) is 16.6. The van der Waals surface area contributed by atoms with Crippen LogP contribution in [-0.2, 0) is 24.6 Å². The largest absolute Gasteiger partial charge is 0.508 e. The maximum Gasteiger partial charge on any atom is 0.260 e. The van der Waals surface area contributed by atoms with Crippen LogP contribution in [0, 0.1) is 34.2 Å². The van der Waals surface area contributed by atoms with E-state index in [0.717, 1.165) is 19.7 Å². The van der Waals surface area contributed by atoms with Gasteiger partial charge in [0, 0.05) is 15.1 Å². The molecule has 4 aromatic rings. The number of fused-ring (bicyclic) bond motifs is 4. The summed E-state index contributed by atoms with van der Waals surface area (Å²) in [5, 5.41) is 12.7. The van der Waals surface area contributed by atoms with Gasteiger partial charge in [-0.3, -0.25) is 29.5 Å². The molecule has 2 heterocycles. The SMILES string of the molecule is COc1ccc(O)c([C@H]2C3=CC[C@@H]4C(=O)N(c5ccc(I)cc5)C(=O)[C@@H]4[C@@H]3C[C@H]3C(=O)N(Nc4ccc(C)cc4)C(=O)[C@@]23c2ccccc2)c1. The molecule has 0 aromatic heterocycles. The zero-order valence-corrected chi connectivity index (χ0v) is 29.5. The predicted octanol–water partition coefficient (Wildman–Crippen LogP) is 6.50. The van der Waals surface area contributed by atoms with Crippen LogP contribution in [0.1, 0.15) is 35.4 Å². The molecule has 0 unspecified atom stereocenters. The average molecular weight is 780 g/mol. The van der Waals surface area contributed by atoms with Gasteiger partial charge in [0.1, 0.15) is 11.5 Å². The summed E-state index contributed by atoms with van der Waals surface area (Å²) in [6.07, 6.45) is 2.43. The van der Waals surface area contributed by atoms with Gasteiger partial charge < -0.3 is 9.84 Å². The molecule has 1 saturated carbocycles. The predicted molar refractivity (Wildman–Crippen MR) is 195 cm³/mol. The minimum Gasteiger partial charge on any atom is -0.508 e. The van der Waals surface area contributed by atoms with Crippen LogP contribution in [0.3, 0.4) is 0 Å². The number of aromatic hydroxyl groups is 1. The van der Waals surface area contributed by atoms with Crippen molar-refractivity contribution < 1.29 is 29.0 Å². The lowest BCUT2D eigenvalue weighted by Crippen LogP contribution is -2.53. The Balaban J connectivity index is 1.33. The maximum atomic E-state index is 15.2. The lowest BCUT2D eigenvalue weighted by molar-refractivity contribution is -0.138. The van der Waals surface area contributed by atoms with Crippen molar-refractivity contribution in [1.29, 1.82) is 0 Å². The zero-order valence-electron chi connectivity index (χ0n) is 27.4. The monoisotopic (exact) mass is 779 g/mol. The maximum absolute atomic E-state index is 15.2. The van der Waals surface area contributed by atoms with E-state index in [2.05, 4.69) is 28.0 Å². The summed E-state index contributed by atoms with van der Waals surface area (Å²) in [5.41, 5.74) is 5.52. The molecular weight excluding hydrogens is 745 g/mol. The number of rotatable bonds is 6. The minimum absolute atomic E-state index is 0.0620. The van der Waals surface area contributed by atoms with E-state index >= 15 is 4.79 Å². The fourth-order valence-electron chi connectivity index (χ4n) is 8.83. The number of carbonyl (C=O) groups excluding carboxylic acids is 4. The number of carbonyl (C=O) groups is 4. The normalized spacial score (nSPS) is 27.1. The number of amides is 4. The number of halogens is 1. The third kappa shape index (κ3) is 4.71. The van der Waals surface area contributed by atoms with Crippen molar-refractivity contribution in [3.8, 4) is 11.5 Å². The molecule has 0 bridgehead atoms. The Morgan fingerprint density at radius 2 is 1.58 bits per heavy atom. The van der Waals surface area contributed by atoms with E-state index in [1.165, 1.54) is 18.1 Å². The highest BCUT2D eigenvalue weighted by atomic mass is 127. The van der Waals surface area contributed by atoms with Gasteiger partial charge in [-0.25, -0.2) is 0 Å².